The summed E-state index contributed by atoms with van der Waals surface area (Å²) in [5.74, 6) is 0. The van der Waals surface area contributed by atoms with Gasteiger partial charge in [0.2, 0.25) is 0 Å². The fraction of sp³-hybridized carbons (Fsp3) is 0.143. The van der Waals surface area contributed by atoms with E-state index in [0.29, 0.717) is 6.61 Å². The lowest BCUT2D eigenvalue weighted by Crippen LogP contribution is -2.14. The van der Waals surface area contributed by atoms with Crippen LogP contribution in [0.15, 0.2) is 54.6 Å². The molecule has 3 rings (SSSR count). The lowest BCUT2D eigenvalue weighted by Gasteiger charge is -2.29. The highest BCUT2D eigenvalue weighted by Crippen LogP contribution is 2.53. The molecule has 1 aliphatic heterocycles. The van der Waals surface area contributed by atoms with Crippen LogP contribution in [0.1, 0.15) is 11.1 Å². The van der Waals surface area contributed by atoms with Crippen molar-refractivity contribution in [2.24, 2.45) is 0 Å². The summed E-state index contributed by atoms with van der Waals surface area (Å²) in [6.45, 7) is 0.655. The Kier molecular flexibility index (Phi) is 2.87. The summed E-state index contributed by atoms with van der Waals surface area (Å²) in [5, 5.41) is 1.18. The smallest absolute Gasteiger partial charge is 0.0993 e. The SMILES string of the molecule is S=P1(c2ccccc2)Cc2ccccc2CO1. The fourth-order valence-corrected chi connectivity index (χ4v) is 5.21. The number of hydrogen-bond acceptors (Lipinski definition) is 2. The molecule has 0 radical (unpaired) electrons. The molecule has 0 saturated carbocycles. The molecule has 0 bridgehead atoms. The van der Waals surface area contributed by atoms with Crippen LogP contribution < -0.4 is 5.30 Å². The van der Waals surface area contributed by atoms with Crippen LogP contribution in [-0.2, 0) is 29.1 Å². The Morgan fingerprint density at radius 2 is 1.53 bits per heavy atom. The minimum atomic E-state index is -1.86. The monoisotopic (exact) mass is 260 g/mol. The van der Waals surface area contributed by atoms with Crippen LogP contribution in [0.25, 0.3) is 0 Å². The second-order valence-corrected chi connectivity index (χ2v) is 8.42. The molecule has 2 aromatic rings. The largest absolute Gasteiger partial charge is 0.341 e. The summed E-state index contributed by atoms with van der Waals surface area (Å²) in [6, 6.07) is 18.7. The second kappa shape index (κ2) is 4.38. The van der Waals surface area contributed by atoms with Crippen molar-refractivity contribution in [3.05, 3.63) is 65.7 Å². The Bertz CT molecular complexity index is 580. The van der Waals surface area contributed by atoms with Crippen molar-refractivity contribution in [3.8, 4) is 0 Å². The Labute approximate surface area is 107 Å². The van der Waals surface area contributed by atoms with Crippen LogP contribution in [-0.4, -0.2) is 0 Å². The highest BCUT2D eigenvalue weighted by molar-refractivity contribution is 8.15. The van der Waals surface area contributed by atoms with E-state index in [0.717, 1.165) is 6.16 Å². The number of rotatable bonds is 1. The minimum Gasteiger partial charge on any atom is -0.341 e. The second-order valence-electron chi connectivity index (χ2n) is 4.21. The van der Waals surface area contributed by atoms with Gasteiger partial charge in [-0.05, 0) is 11.1 Å². The van der Waals surface area contributed by atoms with Gasteiger partial charge in [-0.1, -0.05) is 66.4 Å². The third-order valence-electron chi connectivity index (χ3n) is 3.08. The summed E-state index contributed by atoms with van der Waals surface area (Å²) in [6.07, 6.45) is -0.987. The zero-order chi connectivity index (χ0) is 11.7. The van der Waals surface area contributed by atoms with Gasteiger partial charge in [-0.3, -0.25) is 0 Å². The van der Waals surface area contributed by atoms with Gasteiger partial charge in [0.1, 0.15) is 0 Å². The fourth-order valence-electron chi connectivity index (χ4n) is 2.12. The van der Waals surface area contributed by atoms with Gasteiger partial charge in [0.15, 0.2) is 0 Å². The van der Waals surface area contributed by atoms with Gasteiger partial charge in [0.05, 0.1) is 12.9 Å². The average molecular weight is 260 g/mol. The lowest BCUT2D eigenvalue weighted by atomic mass is 10.1. The molecule has 0 amide bonds. The zero-order valence-electron chi connectivity index (χ0n) is 9.37. The van der Waals surface area contributed by atoms with Crippen LogP contribution in [0.3, 0.4) is 0 Å². The molecule has 1 atom stereocenters. The summed E-state index contributed by atoms with van der Waals surface area (Å²) in [4.78, 5) is 0. The molecule has 86 valence electrons. The van der Waals surface area contributed by atoms with E-state index < -0.39 is 6.26 Å². The Hall–Kier alpha value is -0.950. The molecule has 0 N–H and O–H groups in total. The standard InChI is InChI=1S/C14H13OPS/c17-16(14-8-2-1-3-9-14)11-13-7-5-4-6-12(13)10-15-16/h1-9H,10-11H2. The third-order valence-corrected chi connectivity index (χ3v) is 6.80. The maximum absolute atomic E-state index is 6.00. The van der Waals surface area contributed by atoms with Crippen LogP contribution >= 0.6 is 6.26 Å². The predicted octanol–water partition coefficient (Wildman–Crippen LogP) is 3.44. The molecule has 1 unspecified atom stereocenters. The molecule has 1 heterocycles. The first-order valence-electron chi connectivity index (χ1n) is 5.64. The van der Waals surface area contributed by atoms with E-state index in [2.05, 4.69) is 36.4 Å². The summed E-state index contributed by atoms with van der Waals surface area (Å²) in [5.41, 5.74) is 2.63. The molecular formula is C14H13OPS. The van der Waals surface area contributed by atoms with Gasteiger partial charge in [0, 0.05) is 11.5 Å². The molecule has 0 spiro atoms. The topological polar surface area (TPSA) is 9.23 Å². The van der Waals surface area contributed by atoms with Gasteiger partial charge < -0.3 is 4.52 Å². The average Bonchev–Trinajstić information content (AvgIpc) is 2.40. The van der Waals surface area contributed by atoms with Crippen molar-refractivity contribution < 1.29 is 4.52 Å². The molecule has 2 aromatic carbocycles. The molecule has 17 heavy (non-hydrogen) atoms. The molecule has 0 fully saturated rings. The lowest BCUT2D eigenvalue weighted by molar-refractivity contribution is 0.334. The first-order chi connectivity index (χ1) is 8.28. The van der Waals surface area contributed by atoms with Crippen molar-refractivity contribution in [3.63, 3.8) is 0 Å². The molecule has 1 nitrogen and oxygen atoms in total. The molecule has 3 heteroatoms. The maximum Gasteiger partial charge on any atom is 0.0993 e. The number of hydrogen-bond donors (Lipinski definition) is 0. The van der Waals surface area contributed by atoms with E-state index in [9.17, 15) is 0 Å². The highest BCUT2D eigenvalue weighted by Gasteiger charge is 2.26. The first-order valence-corrected chi connectivity index (χ1v) is 8.54. The van der Waals surface area contributed by atoms with E-state index in [4.69, 9.17) is 16.3 Å². The van der Waals surface area contributed by atoms with E-state index in [-0.39, 0.29) is 0 Å². The van der Waals surface area contributed by atoms with E-state index in [1.54, 1.807) is 0 Å². The summed E-state index contributed by atoms with van der Waals surface area (Å²) < 4.78 is 6.00. The van der Waals surface area contributed by atoms with Crippen molar-refractivity contribution in [1.82, 2.24) is 0 Å². The van der Waals surface area contributed by atoms with E-state index in [1.165, 1.54) is 16.4 Å². The quantitative estimate of drug-likeness (QED) is 0.726. The van der Waals surface area contributed by atoms with Crippen molar-refractivity contribution in [1.29, 1.82) is 0 Å². The van der Waals surface area contributed by atoms with Crippen LogP contribution in [0.5, 0.6) is 0 Å². The summed E-state index contributed by atoms with van der Waals surface area (Å²) >= 11 is 5.79. The van der Waals surface area contributed by atoms with Gasteiger partial charge in [0.25, 0.3) is 0 Å². The van der Waals surface area contributed by atoms with Crippen molar-refractivity contribution >= 4 is 23.4 Å². The molecule has 1 aliphatic rings. The van der Waals surface area contributed by atoms with Gasteiger partial charge in [-0.25, -0.2) is 0 Å². The van der Waals surface area contributed by atoms with Crippen molar-refractivity contribution in [2.45, 2.75) is 12.8 Å². The third kappa shape index (κ3) is 2.09. The maximum atomic E-state index is 6.00. The highest BCUT2D eigenvalue weighted by atomic mass is 32.4. The Morgan fingerprint density at radius 1 is 0.882 bits per heavy atom. The van der Waals surface area contributed by atoms with Gasteiger partial charge in [-0.2, -0.15) is 0 Å². The van der Waals surface area contributed by atoms with E-state index in [1.807, 2.05) is 18.2 Å². The zero-order valence-corrected chi connectivity index (χ0v) is 11.1. The molecule has 0 saturated heterocycles. The molecule has 0 aromatic heterocycles. The van der Waals surface area contributed by atoms with E-state index >= 15 is 0 Å². The van der Waals surface area contributed by atoms with Crippen LogP contribution in [0.4, 0.5) is 0 Å². The molecule has 0 aliphatic carbocycles. The van der Waals surface area contributed by atoms with Gasteiger partial charge >= 0.3 is 0 Å². The van der Waals surface area contributed by atoms with Crippen LogP contribution in [0, 0.1) is 0 Å². The minimum absolute atomic E-state index is 0.655. The normalized spacial score (nSPS) is 23.1. The van der Waals surface area contributed by atoms with Gasteiger partial charge in [-0.15, -0.1) is 0 Å². The Morgan fingerprint density at radius 3 is 2.29 bits per heavy atom. The number of benzene rings is 2. The van der Waals surface area contributed by atoms with Crippen molar-refractivity contribution in [2.75, 3.05) is 0 Å². The first kappa shape index (κ1) is 11.2. The predicted molar refractivity (Wildman–Crippen MR) is 75.3 cm³/mol. The Balaban J connectivity index is 2.01. The number of fused-ring (bicyclic) bond motifs is 1. The summed E-state index contributed by atoms with van der Waals surface area (Å²) in [7, 11) is 0. The molecular weight excluding hydrogens is 247 g/mol. The van der Waals surface area contributed by atoms with Crippen LogP contribution in [0.2, 0.25) is 0 Å².